The first-order valence-corrected chi connectivity index (χ1v) is 8.94. The van der Waals surface area contributed by atoms with E-state index in [2.05, 4.69) is 40.5 Å². The Bertz CT molecular complexity index is 485. The SMILES string of the molecule is O=C(C[C@H]1CCCO1)NC[C@@H]1CCCN(Cc2ccccc2)C1. The Kier molecular flexibility index (Phi) is 6.06. The predicted octanol–water partition coefficient (Wildman–Crippen LogP) is 2.58. The van der Waals surface area contributed by atoms with Crippen molar-refractivity contribution >= 4 is 5.91 Å². The lowest BCUT2D eigenvalue weighted by Gasteiger charge is -2.33. The maximum atomic E-state index is 12.0. The quantitative estimate of drug-likeness (QED) is 0.877. The molecule has 2 aliphatic rings. The molecule has 2 fully saturated rings. The van der Waals surface area contributed by atoms with Crippen molar-refractivity contribution in [2.75, 3.05) is 26.2 Å². The van der Waals surface area contributed by atoms with E-state index >= 15 is 0 Å². The number of nitrogens with one attached hydrogen (secondary N) is 1. The van der Waals surface area contributed by atoms with Gasteiger partial charge in [0.2, 0.25) is 5.91 Å². The van der Waals surface area contributed by atoms with Gasteiger partial charge in [-0.15, -0.1) is 0 Å². The molecular formula is C19H28N2O2. The van der Waals surface area contributed by atoms with Gasteiger partial charge in [-0.1, -0.05) is 30.3 Å². The Balaban J connectivity index is 1.39. The van der Waals surface area contributed by atoms with E-state index in [1.165, 1.54) is 18.4 Å². The fourth-order valence-electron chi connectivity index (χ4n) is 3.65. The van der Waals surface area contributed by atoms with Gasteiger partial charge < -0.3 is 10.1 Å². The van der Waals surface area contributed by atoms with Gasteiger partial charge in [-0.05, 0) is 43.7 Å². The third kappa shape index (κ3) is 5.33. The van der Waals surface area contributed by atoms with Crippen molar-refractivity contribution in [1.29, 1.82) is 0 Å². The number of piperidine rings is 1. The standard InChI is InChI=1S/C19H28N2O2/c22-19(12-18-9-5-11-23-18)20-13-17-8-4-10-21(15-17)14-16-6-2-1-3-7-16/h1-3,6-7,17-18H,4-5,8-15H2,(H,20,22)/t17-,18+/m0/s1. The molecule has 126 valence electrons. The second kappa shape index (κ2) is 8.46. The van der Waals surface area contributed by atoms with Gasteiger partial charge in [0.25, 0.3) is 0 Å². The topological polar surface area (TPSA) is 41.6 Å². The summed E-state index contributed by atoms with van der Waals surface area (Å²) in [4.78, 5) is 14.5. The molecule has 3 rings (SSSR count). The third-order valence-corrected chi connectivity index (χ3v) is 4.88. The zero-order valence-electron chi connectivity index (χ0n) is 13.9. The average molecular weight is 316 g/mol. The lowest BCUT2D eigenvalue weighted by atomic mass is 9.97. The highest BCUT2D eigenvalue weighted by molar-refractivity contribution is 5.76. The number of likely N-dealkylation sites (tertiary alicyclic amines) is 1. The Morgan fingerprint density at radius 1 is 1.22 bits per heavy atom. The van der Waals surface area contributed by atoms with Crippen molar-refractivity contribution in [3.63, 3.8) is 0 Å². The van der Waals surface area contributed by atoms with E-state index < -0.39 is 0 Å². The number of carbonyl (C=O) groups is 1. The molecule has 0 bridgehead atoms. The lowest BCUT2D eigenvalue weighted by molar-refractivity contribution is -0.123. The van der Waals surface area contributed by atoms with Gasteiger partial charge in [-0.3, -0.25) is 9.69 Å². The van der Waals surface area contributed by atoms with Crippen LogP contribution in [0.2, 0.25) is 0 Å². The summed E-state index contributed by atoms with van der Waals surface area (Å²) in [7, 11) is 0. The van der Waals surface area contributed by atoms with Gasteiger partial charge in [0.15, 0.2) is 0 Å². The maximum absolute atomic E-state index is 12.0. The van der Waals surface area contributed by atoms with Crippen LogP contribution in [-0.2, 0) is 16.1 Å². The molecule has 2 heterocycles. The smallest absolute Gasteiger partial charge is 0.222 e. The number of carbonyl (C=O) groups excluding carboxylic acids is 1. The number of benzene rings is 1. The van der Waals surface area contributed by atoms with E-state index in [9.17, 15) is 4.79 Å². The molecule has 1 N–H and O–H groups in total. The number of amides is 1. The molecule has 1 amide bonds. The van der Waals surface area contributed by atoms with Gasteiger partial charge in [0, 0.05) is 26.2 Å². The van der Waals surface area contributed by atoms with Crippen LogP contribution >= 0.6 is 0 Å². The molecular weight excluding hydrogens is 288 g/mol. The van der Waals surface area contributed by atoms with Crippen molar-refractivity contribution in [2.45, 2.75) is 44.8 Å². The molecule has 0 aliphatic carbocycles. The number of ether oxygens (including phenoxy) is 1. The normalized spacial score (nSPS) is 25.4. The molecule has 1 aromatic rings. The molecule has 1 aromatic carbocycles. The summed E-state index contributed by atoms with van der Waals surface area (Å²) in [6, 6.07) is 10.6. The van der Waals surface area contributed by atoms with Crippen LogP contribution < -0.4 is 5.32 Å². The summed E-state index contributed by atoms with van der Waals surface area (Å²) in [5.74, 6) is 0.720. The van der Waals surface area contributed by atoms with E-state index in [0.29, 0.717) is 12.3 Å². The minimum atomic E-state index is 0.149. The molecule has 2 saturated heterocycles. The molecule has 23 heavy (non-hydrogen) atoms. The van der Waals surface area contributed by atoms with Gasteiger partial charge >= 0.3 is 0 Å². The first-order chi connectivity index (χ1) is 11.3. The van der Waals surface area contributed by atoms with Crippen molar-refractivity contribution in [2.24, 2.45) is 5.92 Å². The van der Waals surface area contributed by atoms with Crippen LogP contribution in [0.1, 0.15) is 37.7 Å². The molecule has 4 heteroatoms. The van der Waals surface area contributed by atoms with Crippen LogP contribution in [-0.4, -0.2) is 43.2 Å². The summed E-state index contributed by atoms with van der Waals surface area (Å²) in [6.07, 6.45) is 5.23. The van der Waals surface area contributed by atoms with Gasteiger partial charge in [-0.25, -0.2) is 0 Å². The van der Waals surface area contributed by atoms with Gasteiger partial charge in [0.1, 0.15) is 0 Å². The number of hydrogen-bond acceptors (Lipinski definition) is 3. The zero-order valence-corrected chi connectivity index (χ0v) is 13.9. The first-order valence-electron chi connectivity index (χ1n) is 8.94. The van der Waals surface area contributed by atoms with Crippen LogP contribution in [0.3, 0.4) is 0 Å². The molecule has 2 aliphatic heterocycles. The number of hydrogen-bond donors (Lipinski definition) is 1. The summed E-state index contributed by atoms with van der Waals surface area (Å²) < 4.78 is 5.53. The largest absolute Gasteiger partial charge is 0.378 e. The Morgan fingerprint density at radius 2 is 2.09 bits per heavy atom. The van der Waals surface area contributed by atoms with E-state index in [0.717, 1.165) is 45.6 Å². The zero-order chi connectivity index (χ0) is 15.9. The fraction of sp³-hybridized carbons (Fsp3) is 0.632. The highest BCUT2D eigenvalue weighted by atomic mass is 16.5. The van der Waals surface area contributed by atoms with Crippen molar-refractivity contribution in [3.05, 3.63) is 35.9 Å². The summed E-state index contributed by atoms with van der Waals surface area (Å²) in [6.45, 7) is 4.87. The molecule has 0 aromatic heterocycles. The van der Waals surface area contributed by atoms with Crippen LogP contribution in [0.15, 0.2) is 30.3 Å². The fourth-order valence-corrected chi connectivity index (χ4v) is 3.65. The Morgan fingerprint density at radius 3 is 2.87 bits per heavy atom. The lowest BCUT2D eigenvalue weighted by Crippen LogP contribution is -2.41. The number of nitrogens with zero attached hydrogens (tertiary/aromatic N) is 1. The predicted molar refractivity (Wildman–Crippen MR) is 91.0 cm³/mol. The second-order valence-corrected chi connectivity index (χ2v) is 6.87. The first kappa shape index (κ1) is 16.5. The number of rotatable bonds is 6. The van der Waals surface area contributed by atoms with Gasteiger partial charge in [0.05, 0.1) is 12.5 Å². The monoisotopic (exact) mass is 316 g/mol. The van der Waals surface area contributed by atoms with Crippen molar-refractivity contribution in [3.8, 4) is 0 Å². The summed E-state index contributed by atoms with van der Waals surface area (Å²) in [5, 5.41) is 3.12. The van der Waals surface area contributed by atoms with Crippen LogP contribution in [0.25, 0.3) is 0 Å². The third-order valence-electron chi connectivity index (χ3n) is 4.88. The Hall–Kier alpha value is -1.39. The van der Waals surface area contributed by atoms with Crippen molar-refractivity contribution in [1.82, 2.24) is 10.2 Å². The van der Waals surface area contributed by atoms with E-state index in [-0.39, 0.29) is 12.0 Å². The van der Waals surface area contributed by atoms with Gasteiger partial charge in [-0.2, -0.15) is 0 Å². The molecule has 0 spiro atoms. The second-order valence-electron chi connectivity index (χ2n) is 6.87. The van der Waals surface area contributed by atoms with E-state index in [4.69, 9.17) is 4.74 Å². The summed E-state index contributed by atoms with van der Waals surface area (Å²) >= 11 is 0. The van der Waals surface area contributed by atoms with E-state index in [1.807, 2.05) is 0 Å². The van der Waals surface area contributed by atoms with E-state index in [1.54, 1.807) is 0 Å². The van der Waals surface area contributed by atoms with Crippen LogP contribution in [0.4, 0.5) is 0 Å². The molecule has 4 nitrogen and oxygen atoms in total. The minimum Gasteiger partial charge on any atom is -0.378 e. The highest BCUT2D eigenvalue weighted by Crippen LogP contribution is 2.19. The molecule has 0 unspecified atom stereocenters. The minimum absolute atomic E-state index is 0.149. The van der Waals surface area contributed by atoms with Crippen molar-refractivity contribution < 1.29 is 9.53 Å². The Labute approximate surface area is 139 Å². The van der Waals surface area contributed by atoms with Crippen LogP contribution in [0, 0.1) is 5.92 Å². The average Bonchev–Trinajstić information content (AvgIpc) is 3.07. The molecule has 0 saturated carbocycles. The molecule has 0 radical (unpaired) electrons. The molecule has 2 atom stereocenters. The maximum Gasteiger partial charge on any atom is 0.222 e. The van der Waals surface area contributed by atoms with Crippen LogP contribution in [0.5, 0.6) is 0 Å². The summed E-state index contributed by atoms with van der Waals surface area (Å²) in [5.41, 5.74) is 1.37. The highest BCUT2D eigenvalue weighted by Gasteiger charge is 2.22.